The zero-order valence-electron chi connectivity index (χ0n) is 20.8. The number of aromatic nitrogens is 3. The second-order valence-corrected chi connectivity index (χ2v) is 8.42. The highest BCUT2D eigenvalue weighted by atomic mass is 16.6. The van der Waals surface area contributed by atoms with E-state index < -0.39 is 0 Å². The quantitative estimate of drug-likeness (QED) is 0.341. The maximum absolute atomic E-state index is 12.7. The molecule has 2 aromatic heterocycles. The van der Waals surface area contributed by atoms with Gasteiger partial charge in [0.05, 0.1) is 37.5 Å². The van der Waals surface area contributed by atoms with Gasteiger partial charge in [0.1, 0.15) is 18.1 Å². The summed E-state index contributed by atoms with van der Waals surface area (Å²) in [6, 6.07) is 12.3. The maximum atomic E-state index is 12.7. The molecule has 11 nitrogen and oxygen atoms in total. The standard InChI is InChI=1S/C26H29N5O6/c1-30-26(34)22(28-23-7-6-20(17-27-23)25(33)31-8-10-36-11-9-31)16-21(29-30)19-5-3-4-18(14-19)15-24(32)37-13-12-35-2/h3-7,14,16-17H,8-13,15H2,1-2H3,(H,27,28). The van der Waals surface area contributed by atoms with Gasteiger partial charge in [0.25, 0.3) is 11.5 Å². The van der Waals surface area contributed by atoms with Gasteiger partial charge in [0.15, 0.2) is 0 Å². The number of hydrogen-bond donors (Lipinski definition) is 1. The number of amides is 1. The number of hydrogen-bond acceptors (Lipinski definition) is 9. The smallest absolute Gasteiger partial charge is 0.310 e. The van der Waals surface area contributed by atoms with Crippen LogP contribution >= 0.6 is 0 Å². The van der Waals surface area contributed by atoms with Gasteiger partial charge in [-0.2, -0.15) is 5.10 Å². The van der Waals surface area contributed by atoms with Gasteiger partial charge in [-0.25, -0.2) is 9.67 Å². The van der Waals surface area contributed by atoms with Gasteiger partial charge in [-0.1, -0.05) is 18.2 Å². The Hall–Kier alpha value is -4.09. The predicted octanol–water partition coefficient (Wildman–Crippen LogP) is 1.79. The van der Waals surface area contributed by atoms with E-state index in [2.05, 4.69) is 15.4 Å². The first-order chi connectivity index (χ1) is 17.9. The van der Waals surface area contributed by atoms with Crippen molar-refractivity contribution in [2.45, 2.75) is 6.42 Å². The van der Waals surface area contributed by atoms with Crippen molar-refractivity contribution in [2.24, 2.45) is 7.05 Å². The molecule has 1 saturated heterocycles. The number of aryl methyl sites for hydroxylation is 1. The zero-order chi connectivity index (χ0) is 26.2. The molecule has 0 spiro atoms. The fourth-order valence-corrected chi connectivity index (χ4v) is 3.82. The average Bonchev–Trinajstić information content (AvgIpc) is 2.92. The van der Waals surface area contributed by atoms with Crippen molar-refractivity contribution in [3.05, 3.63) is 70.1 Å². The van der Waals surface area contributed by atoms with Crippen LogP contribution in [0.5, 0.6) is 0 Å². The zero-order valence-corrected chi connectivity index (χ0v) is 20.8. The van der Waals surface area contributed by atoms with Gasteiger partial charge >= 0.3 is 5.97 Å². The number of pyridine rings is 1. The number of methoxy groups -OCH3 is 1. The molecule has 1 amide bonds. The Morgan fingerprint density at radius 3 is 2.65 bits per heavy atom. The van der Waals surface area contributed by atoms with Gasteiger partial charge in [-0.15, -0.1) is 0 Å². The van der Waals surface area contributed by atoms with Crippen LogP contribution in [0, 0.1) is 0 Å². The predicted molar refractivity (Wildman–Crippen MR) is 136 cm³/mol. The molecule has 0 aliphatic carbocycles. The topological polar surface area (TPSA) is 125 Å². The summed E-state index contributed by atoms with van der Waals surface area (Å²) >= 11 is 0. The minimum atomic E-state index is -0.355. The molecule has 0 bridgehead atoms. The number of carbonyl (C=O) groups is 2. The number of anilines is 2. The molecule has 1 fully saturated rings. The summed E-state index contributed by atoms with van der Waals surface area (Å²) < 4.78 is 16.6. The van der Waals surface area contributed by atoms with Crippen molar-refractivity contribution < 1.29 is 23.8 Å². The van der Waals surface area contributed by atoms with Gasteiger partial charge in [-0.3, -0.25) is 14.4 Å². The van der Waals surface area contributed by atoms with Crippen molar-refractivity contribution in [1.82, 2.24) is 19.7 Å². The number of esters is 1. The Labute approximate surface area is 214 Å². The number of benzene rings is 1. The van der Waals surface area contributed by atoms with Crippen LogP contribution in [0.2, 0.25) is 0 Å². The van der Waals surface area contributed by atoms with Gasteiger partial charge in [0, 0.05) is 39.0 Å². The highest BCUT2D eigenvalue weighted by Crippen LogP contribution is 2.21. The number of carbonyl (C=O) groups excluding carboxylic acids is 2. The molecule has 4 rings (SSSR count). The molecular weight excluding hydrogens is 478 g/mol. The Bertz CT molecular complexity index is 1300. The molecule has 1 aliphatic rings. The lowest BCUT2D eigenvalue weighted by atomic mass is 10.1. The Kier molecular flexibility index (Phi) is 8.60. The average molecular weight is 508 g/mol. The first kappa shape index (κ1) is 26.0. The van der Waals surface area contributed by atoms with E-state index in [1.54, 1.807) is 37.3 Å². The Morgan fingerprint density at radius 1 is 1.11 bits per heavy atom. The highest BCUT2D eigenvalue weighted by molar-refractivity contribution is 5.94. The first-order valence-corrected chi connectivity index (χ1v) is 11.9. The molecule has 0 radical (unpaired) electrons. The van der Waals surface area contributed by atoms with Crippen molar-refractivity contribution in [1.29, 1.82) is 0 Å². The van der Waals surface area contributed by atoms with Gasteiger partial charge in [-0.05, 0) is 29.8 Å². The number of rotatable bonds is 9. The van der Waals surface area contributed by atoms with E-state index in [1.165, 1.54) is 10.9 Å². The van der Waals surface area contributed by atoms with E-state index >= 15 is 0 Å². The fourth-order valence-electron chi connectivity index (χ4n) is 3.82. The van der Waals surface area contributed by atoms with Crippen molar-refractivity contribution in [2.75, 3.05) is 51.9 Å². The Morgan fingerprint density at radius 2 is 1.92 bits per heavy atom. The third-order valence-electron chi connectivity index (χ3n) is 5.76. The third-order valence-corrected chi connectivity index (χ3v) is 5.76. The fraction of sp³-hybridized carbons (Fsp3) is 0.346. The summed E-state index contributed by atoms with van der Waals surface area (Å²) in [6.07, 6.45) is 1.59. The minimum absolute atomic E-state index is 0.105. The van der Waals surface area contributed by atoms with Crippen LogP contribution < -0.4 is 10.9 Å². The molecule has 1 N–H and O–H groups in total. The van der Waals surface area contributed by atoms with E-state index in [0.29, 0.717) is 50.0 Å². The van der Waals surface area contributed by atoms with E-state index in [1.807, 2.05) is 24.3 Å². The van der Waals surface area contributed by atoms with Crippen molar-refractivity contribution in [3.63, 3.8) is 0 Å². The largest absolute Gasteiger partial charge is 0.463 e. The second-order valence-electron chi connectivity index (χ2n) is 8.42. The lowest BCUT2D eigenvalue weighted by Crippen LogP contribution is -2.40. The van der Waals surface area contributed by atoms with E-state index in [4.69, 9.17) is 14.2 Å². The van der Waals surface area contributed by atoms with E-state index in [0.717, 1.165) is 11.1 Å². The third kappa shape index (κ3) is 6.78. The second kappa shape index (κ2) is 12.2. The normalized spacial score (nSPS) is 13.3. The van der Waals surface area contributed by atoms with Crippen LogP contribution in [0.4, 0.5) is 11.5 Å². The molecular formula is C26H29N5O6. The maximum Gasteiger partial charge on any atom is 0.310 e. The van der Waals surface area contributed by atoms with E-state index in [9.17, 15) is 14.4 Å². The Balaban J connectivity index is 1.49. The van der Waals surface area contributed by atoms with Crippen LogP contribution in [0.1, 0.15) is 15.9 Å². The molecule has 0 saturated carbocycles. The summed E-state index contributed by atoms with van der Waals surface area (Å²) in [4.78, 5) is 43.5. The lowest BCUT2D eigenvalue weighted by Gasteiger charge is -2.26. The molecule has 0 atom stereocenters. The molecule has 1 aromatic carbocycles. The summed E-state index contributed by atoms with van der Waals surface area (Å²) in [5.41, 5.74) is 2.44. The van der Waals surface area contributed by atoms with Crippen LogP contribution in [0.15, 0.2) is 53.5 Å². The SMILES string of the molecule is COCCOC(=O)Cc1cccc(-c2cc(Nc3ccc(C(=O)N4CCOCC4)cn3)c(=O)n(C)n2)c1. The summed E-state index contributed by atoms with van der Waals surface area (Å²) in [5, 5.41) is 7.40. The van der Waals surface area contributed by atoms with Crippen LogP contribution in [0.3, 0.4) is 0 Å². The van der Waals surface area contributed by atoms with E-state index in [-0.39, 0.29) is 36.2 Å². The van der Waals surface area contributed by atoms with Crippen LogP contribution in [0.25, 0.3) is 11.3 Å². The summed E-state index contributed by atoms with van der Waals surface area (Å²) in [5.74, 6) is -0.0427. The molecule has 1 aliphatic heterocycles. The van der Waals surface area contributed by atoms with Crippen LogP contribution in [-0.4, -0.2) is 78.2 Å². The summed E-state index contributed by atoms with van der Waals surface area (Å²) in [7, 11) is 3.10. The molecule has 3 heterocycles. The molecule has 3 aromatic rings. The summed E-state index contributed by atoms with van der Waals surface area (Å²) in [6.45, 7) is 2.67. The van der Waals surface area contributed by atoms with Crippen molar-refractivity contribution in [3.8, 4) is 11.3 Å². The lowest BCUT2D eigenvalue weighted by molar-refractivity contribution is -0.144. The molecule has 37 heavy (non-hydrogen) atoms. The van der Waals surface area contributed by atoms with Crippen LogP contribution in [-0.2, 0) is 32.5 Å². The molecule has 194 valence electrons. The monoisotopic (exact) mass is 507 g/mol. The highest BCUT2D eigenvalue weighted by Gasteiger charge is 2.19. The van der Waals surface area contributed by atoms with Gasteiger partial charge in [0.2, 0.25) is 0 Å². The first-order valence-electron chi connectivity index (χ1n) is 11.9. The molecule has 11 heteroatoms. The number of ether oxygens (including phenoxy) is 3. The number of nitrogens with zero attached hydrogens (tertiary/aromatic N) is 4. The van der Waals surface area contributed by atoms with Crippen molar-refractivity contribution >= 4 is 23.4 Å². The number of morpholine rings is 1. The minimum Gasteiger partial charge on any atom is -0.463 e. The van der Waals surface area contributed by atoms with Gasteiger partial charge < -0.3 is 24.4 Å². The molecule has 0 unspecified atom stereocenters. The number of nitrogens with one attached hydrogen (secondary N) is 1.